The predicted molar refractivity (Wildman–Crippen MR) is 86.0 cm³/mol. The third-order valence-electron chi connectivity index (χ3n) is 2.75. The second-order valence-electron chi connectivity index (χ2n) is 4.42. The molecule has 0 bridgehead atoms. The third-order valence-corrected chi connectivity index (χ3v) is 3.77. The van der Waals surface area contributed by atoms with Crippen molar-refractivity contribution in [2.75, 3.05) is 13.2 Å². The van der Waals surface area contributed by atoms with E-state index in [1.165, 1.54) is 11.3 Å². The Hall–Kier alpha value is -2.77. The number of azide groups is 1. The summed E-state index contributed by atoms with van der Waals surface area (Å²) in [7, 11) is 0. The standard InChI is InChI=1S/C14H15N5O3S/c15-14(20)22-9-12-8-17-13(23-12)10-2-4-11(5-3-10)21-7-1-6-18-19-16/h2-5,8H,1,6-7,9H2,(H2,15,20). The molecule has 1 amide bonds. The first kappa shape index (κ1) is 16.6. The molecule has 2 rings (SSSR count). The van der Waals surface area contributed by atoms with Crippen molar-refractivity contribution >= 4 is 17.4 Å². The van der Waals surface area contributed by atoms with Crippen LogP contribution in [0.1, 0.15) is 11.3 Å². The molecule has 1 aromatic heterocycles. The van der Waals surface area contributed by atoms with Crippen molar-refractivity contribution in [3.63, 3.8) is 0 Å². The highest BCUT2D eigenvalue weighted by Crippen LogP contribution is 2.27. The van der Waals surface area contributed by atoms with Gasteiger partial charge < -0.3 is 15.2 Å². The van der Waals surface area contributed by atoms with E-state index >= 15 is 0 Å². The van der Waals surface area contributed by atoms with Gasteiger partial charge in [0, 0.05) is 23.2 Å². The number of thiazole rings is 1. The van der Waals surface area contributed by atoms with E-state index in [0.717, 1.165) is 21.2 Å². The Balaban J connectivity index is 1.89. The number of nitrogens with two attached hydrogens (primary N) is 1. The van der Waals surface area contributed by atoms with Crippen LogP contribution in [0.3, 0.4) is 0 Å². The van der Waals surface area contributed by atoms with Crippen molar-refractivity contribution in [3.05, 3.63) is 45.8 Å². The number of aromatic nitrogens is 1. The topological polar surface area (TPSA) is 123 Å². The molecular weight excluding hydrogens is 318 g/mol. The van der Waals surface area contributed by atoms with E-state index in [4.69, 9.17) is 20.7 Å². The van der Waals surface area contributed by atoms with Crippen LogP contribution in [0, 0.1) is 0 Å². The maximum Gasteiger partial charge on any atom is 0.404 e. The molecule has 0 unspecified atom stereocenters. The van der Waals surface area contributed by atoms with Crippen molar-refractivity contribution in [3.8, 4) is 16.3 Å². The van der Waals surface area contributed by atoms with Crippen LogP contribution in [-0.2, 0) is 11.3 Å². The van der Waals surface area contributed by atoms with Crippen molar-refractivity contribution in [2.45, 2.75) is 13.0 Å². The number of amides is 1. The van der Waals surface area contributed by atoms with Crippen molar-refractivity contribution < 1.29 is 14.3 Å². The summed E-state index contributed by atoms with van der Waals surface area (Å²) < 4.78 is 10.3. The van der Waals surface area contributed by atoms with Gasteiger partial charge in [0.2, 0.25) is 0 Å². The lowest BCUT2D eigenvalue weighted by molar-refractivity contribution is 0.151. The molecule has 0 aliphatic rings. The molecule has 1 aromatic carbocycles. The van der Waals surface area contributed by atoms with Crippen LogP contribution in [-0.4, -0.2) is 24.2 Å². The highest BCUT2D eigenvalue weighted by molar-refractivity contribution is 7.15. The quantitative estimate of drug-likeness (QED) is 0.343. The molecule has 23 heavy (non-hydrogen) atoms. The summed E-state index contributed by atoms with van der Waals surface area (Å²) in [6, 6.07) is 7.51. The number of benzene rings is 1. The van der Waals surface area contributed by atoms with E-state index in [1.54, 1.807) is 6.20 Å². The Labute approximate surface area is 136 Å². The summed E-state index contributed by atoms with van der Waals surface area (Å²) in [4.78, 5) is 18.4. The summed E-state index contributed by atoms with van der Waals surface area (Å²) in [5.41, 5.74) is 14.0. The van der Waals surface area contributed by atoms with Crippen LogP contribution in [0.25, 0.3) is 21.0 Å². The van der Waals surface area contributed by atoms with Gasteiger partial charge in [-0.1, -0.05) is 5.11 Å². The van der Waals surface area contributed by atoms with E-state index in [1.807, 2.05) is 24.3 Å². The first-order valence-electron chi connectivity index (χ1n) is 6.80. The van der Waals surface area contributed by atoms with Crippen molar-refractivity contribution in [1.29, 1.82) is 0 Å². The van der Waals surface area contributed by atoms with E-state index in [9.17, 15) is 4.79 Å². The summed E-state index contributed by atoms with van der Waals surface area (Å²) in [5, 5.41) is 4.26. The second kappa shape index (κ2) is 8.62. The molecule has 8 nitrogen and oxygen atoms in total. The zero-order valence-electron chi connectivity index (χ0n) is 12.2. The number of hydrogen-bond donors (Lipinski definition) is 1. The van der Waals surface area contributed by atoms with Gasteiger partial charge in [-0.3, -0.25) is 0 Å². The van der Waals surface area contributed by atoms with Gasteiger partial charge in [0.1, 0.15) is 17.4 Å². The molecule has 0 radical (unpaired) electrons. The number of primary amides is 1. The molecule has 120 valence electrons. The molecule has 0 saturated heterocycles. The van der Waals surface area contributed by atoms with Crippen molar-refractivity contribution in [2.24, 2.45) is 10.8 Å². The number of rotatable bonds is 8. The Morgan fingerprint density at radius 1 is 1.39 bits per heavy atom. The van der Waals surface area contributed by atoms with Crippen LogP contribution in [0.4, 0.5) is 4.79 Å². The van der Waals surface area contributed by atoms with E-state index in [2.05, 4.69) is 15.0 Å². The highest BCUT2D eigenvalue weighted by Gasteiger charge is 2.06. The lowest BCUT2D eigenvalue weighted by atomic mass is 10.2. The average molecular weight is 333 g/mol. The molecule has 0 spiro atoms. The monoisotopic (exact) mass is 333 g/mol. The lowest BCUT2D eigenvalue weighted by Crippen LogP contribution is -2.12. The minimum atomic E-state index is -0.804. The van der Waals surface area contributed by atoms with Crippen LogP contribution >= 0.6 is 11.3 Å². The van der Waals surface area contributed by atoms with Crippen LogP contribution in [0.5, 0.6) is 5.75 Å². The zero-order chi connectivity index (χ0) is 16.5. The van der Waals surface area contributed by atoms with Crippen molar-refractivity contribution in [1.82, 2.24) is 4.98 Å². The molecule has 9 heteroatoms. The number of ether oxygens (including phenoxy) is 2. The molecule has 2 N–H and O–H groups in total. The fraction of sp³-hybridized carbons (Fsp3) is 0.286. The summed E-state index contributed by atoms with van der Waals surface area (Å²) in [6.07, 6.45) is 1.52. The Morgan fingerprint density at radius 2 is 2.17 bits per heavy atom. The van der Waals surface area contributed by atoms with Gasteiger partial charge in [0.15, 0.2) is 0 Å². The Bertz CT molecular complexity index is 695. The second-order valence-corrected chi connectivity index (χ2v) is 5.54. The molecule has 2 aromatic rings. The van der Waals surface area contributed by atoms with Gasteiger partial charge in [-0.15, -0.1) is 11.3 Å². The number of carbonyl (C=O) groups is 1. The predicted octanol–water partition coefficient (Wildman–Crippen LogP) is 3.48. The smallest absolute Gasteiger partial charge is 0.404 e. The molecule has 0 saturated carbocycles. The summed E-state index contributed by atoms with van der Waals surface area (Å²) >= 11 is 1.43. The van der Waals surface area contributed by atoms with E-state index in [-0.39, 0.29) is 6.61 Å². The first-order valence-corrected chi connectivity index (χ1v) is 7.61. The van der Waals surface area contributed by atoms with Crippen LogP contribution in [0.15, 0.2) is 35.6 Å². The first-order chi connectivity index (χ1) is 11.2. The number of hydrogen-bond acceptors (Lipinski definition) is 6. The summed E-state index contributed by atoms with van der Waals surface area (Å²) in [6.45, 7) is 1.04. The molecule has 0 aliphatic heterocycles. The fourth-order valence-corrected chi connectivity index (χ4v) is 2.54. The third kappa shape index (κ3) is 5.50. The van der Waals surface area contributed by atoms with Gasteiger partial charge in [-0.25, -0.2) is 9.78 Å². The lowest BCUT2D eigenvalue weighted by Gasteiger charge is -2.05. The average Bonchev–Trinajstić information content (AvgIpc) is 3.02. The maximum absolute atomic E-state index is 10.6. The molecule has 1 heterocycles. The largest absolute Gasteiger partial charge is 0.494 e. The van der Waals surface area contributed by atoms with Gasteiger partial charge >= 0.3 is 6.09 Å². The van der Waals surface area contributed by atoms with Gasteiger partial charge in [0.05, 0.1) is 11.5 Å². The maximum atomic E-state index is 10.6. The van der Waals surface area contributed by atoms with Crippen LogP contribution < -0.4 is 10.5 Å². The zero-order valence-corrected chi connectivity index (χ0v) is 13.0. The van der Waals surface area contributed by atoms with E-state index in [0.29, 0.717) is 19.6 Å². The number of carbonyl (C=O) groups excluding carboxylic acids is 1. The molecular formula is C14H15N5O3S. The minimum Gasteiger partial charge on any atom is -0.494 e. The number of nitrogens with zero attached hydrogens (tertiary/aromatic N) is 4. The molecule has 0 aliphatic carbocycles. The highest BCUT2D eigenvalue weighted by atomic mass is 32.1. The van der Waals surface area contributed by atoms with E-state index < -0.39 is 6.09 Å². The van der Waals surface area contributed by atoms with Crippen LogP contribution in [0.2, 0.25) is 0 Å². The Morgan fingerprint density at radius 3 is 2.87 bits per heavy atom. The van der Waals surface area contributed by atoms with Gasteiger partial charge in [-0.05, 0) is 36.2 Å². The summed E-state index contributed by atoms with van der Waals surface area (Å²) in [5.74, 6) is 0.739. The molecule has 0 fully saturated rings. The Kier molecular flexibility index (Phi) is 6.22. The van der Waals surface area contributed by atoms with Gasteiger partial charge in [0.25, 0.3) is 0 Å². The normalized spacial score (nSPS) is 9.91. The minimum absolute atomic E-state index is 0.124. The SMILES string of the molecule is [N-]=[N+]=NCCCOc1ccc(-c2ncc(COC(N)=O)s2)cc1. The molecule has 0 atom stereocenters. The van der Waals surface area contributed by atoms with Gasteiger partial charge in [-0.2, -0.15) is 0 Å². The fourth-order valence-electron chi connectivity index (χ4n) is 1.71.